The van der Waals surface area contributed by atoms with Gasteiger partial charge in [0.15, 0.2) is 0 Å². The third-order valence-corrected chi connectivity index (χ3v) is 5.90. The first-order valence-electron chi connectivity index (χ1n) is 10.2. The highest BCUT2D eigenvalue weighted by Crippen LogP contribution is 2.41. The van der Waals surface area contributed by atoms with Crippen molar-refractivity contribution < 1.29 is 0 Å². The van der Waals surface area contributed by atoms with Crippen LogP contribution in [0.5, 0.6) is 0 Å². The second-order valence-corrected chi connectivity index (χ2v) is 8.56. The van der Waals surface area contributed by atoms with Gasteiger partial charge in [-0.05, 0) is 70.0 Å². The van der Waals surface area contributed by atoms with Crippen LogP contribution in [0, 0.1) is 19.3 Å². The number of benzene rings is 2. The summed E-state index contributed by atoms with van der Waals surface area (Å²) >= 11 is 0. The lowest BCUT2D eigenvalue weighted by Gasteiger charge is -2.18. The van der Waals surface area contributed by atoms with Gasteiger partial charge in [0.2, 0.25) is 0 Å². The SMILES string of the molecule is CCC(C)C1=Cc2c(ccc(C)c2-c2cc(C(C)C)cc(C(C)C)c2)[CH]1. The van der Waals surface area contributed by atoms with Crippen molar-refractivity contribution in [3.8, 4) is 11.1 Å². The first-order chi connectivity index (χ1) is 12.3. The van der Waals surface area contributed by atoms with Gasteiger partial charge in [-0.15, -0.1) is 0 Å². The van der Waals surface area contributed by atoms with E-state index in [0.717, 1.165) is 0 Å². The number of allylic oxidation sites excluding steroid dienone is 1. The zero-order valence-electron chi connectivity index (χ0n) is 17.5. The van der Waals surface area contributed by atoms with Gasteiger partial charge >= 0.3 is 0 Å². The van der Waals surface area contributed by atoms with Gasteiger partial charge in [0.05, 0.1) is 0 Å². The summed E-state index contributed by atoms with van der Waals surface area (Å²) in [5.41, 5.74) is 11.3. The Morgan fingerprint density at radius 3 is 2.00 bits per heavy atom. The molecular formula is C26H33. The normalized spacial score (nSPS) is 14.7. The molecule has 26 heavy (non-hydrogen) atoms. The smallest absolute Gasteiger partial charge is 0.0167 e. The summed E-state index contributed by atoms with van der Waals surface area (Å²) in [4.78, 5) is 0. The van der Waals surface area contributed by atoms with Crippen molar-refractivity contribution >= 4 is 6.08 Å². The van der Waals surface area contributed by atoms with E-state index in [-0.39, 0.29) is 0 Å². The van der Waals surface area contributed by atoms with Crippen molar-refractivity contribution in [3.05, 3.63) is 70.1 Å². The molecule has 0 aliphatic heterocycles. The second-order valence-electron chi connectivity index (χ2n) is 8.56. The fourth-order valence-corrected chi connectivity index (χ4v) is 3.80. The van der Waals surface area contributed by atoms with Crippen LogP contribution >= 0.6 is 0 Å². The van der Waals surface area contributed by atoms with Crippen molar-refractivity contribution in [1.82, 2.24) is 0 Å². The molecule has 3 rings (SSSR count). The third kappa shape index (κ3) is 3.52. The topological polar surface area (TPSA) is 0 Å². The molecular weight excluding hydrogens is 312 g/mol. The molecule has 0 bridgehead atoms. The summed E-state index contributed by atoms with van der Waals surface area (Å²) in [6, 6.07) is 11.8. The highest BCUT2D eigenvalue weighted by Gasteiger charge is 2.22. The molecule has 0 saturated heterocycles. The molecule has 0 saturated carbocycles. The third-order valence-electron chi connectivity index (χ3n) is 5.90. The van der Waals surface area contributed by atoms with Crippen LogP contribution in [0.25, 0.3) is 17.2 Å². The van der Waals surface area contributed by atoms with Gasteiger partial charge in [-0.25, -0.2) is 0 Å². The summed E-state index contributed by atoms with van der Waals surface area (Å²) in [6.45, 7) is 16.0. The van der Waals surface area contributed by atoms with Crippen molar-refractivity contribution in [2.24, 2.45) is 5.92 Å². The van der Waals surface area contributed by atoms with E-state index < -0.39 is 0 Å². The lowest BCUT2D eigenvalue weighted by molar-refractivity contribution is 0.669. The maximum atomic E-state index is 2.43. The molecule has 1 aliphatic carbocycles. The second kappa shape index (κ2) is 7.43. The van der Waals surface area contributed by atoms with Crippen LogP contribution in [-0.4, -0.2) is 0 Å². The molecule has 1 unspecified atom stereocenters. The van der Waals surface area contributed by atoms with Crippen LogP contribution in [-0.2, 0) is 0 Å². The molecule has 0 heteroatoms. The van der Waals surface area contributed by atoms with Crippen molar-refractivity contribution in [2.75, 3.05) is 0 Å². The van der Waals surface area contributed by atoms with Gasteiger partial charge in [0.1, 0.15) is 0 Å². The number of aryl methyl sites for hydroxylation is 1. The lowest BCUT2D eigenvalue weighted by atomic mass is 9.87. The molecule has 0 amide bonds. The average Bonchev–Trinajstić information content (AvgIpc) is 3.04. The van der Waals surface area contributed by atoms with Gasteiger partial charge in [-0.2, -0.15) is 0 Å². The molecule has 0 fully saturated rings. The Kier molecular flexibility index (Phi) is 5.42. The van der Waals surface area contributed by atoms with Crippen LogP contribution in [0.2, 0.25) is 0 Å². The minimum absolute atomic E-state index is 0.544. The van der Waals surface area contributed by atoms with Crippen LogP contribution in [0.4, 0.5) is 0 Å². The predicted octanol–water partition coefficient (Wildman–Crippen LogP) is 7.90. The van der Waals surface area contributed by atoms with Crippen molar-refractivity contribution in [1.29, 1.82) is 0 Å². The fourth-order valence-electron chi connectivity index (χ4n) is 3.80. The minimum atomic E-state index is 0.544. The fraction of sp³-hybridized carbons (Fsp3) is 0.423. The van der Waals surface area contributed by atoms with E-state index in [1.54, 1.807) is 0 Å². The molecule has 137 valence electrons. The largest absolute Gasteiger partial charge is 0.0648 e. The van der Waals surface area contributed by atoms with Crippen molar-refractivity contribution in [3.63, 3.8) is 0 Å². The standard InChI is InChI=1S/C26H33/c1-8-18(6)23-11-20-10-9-19(7)26(25(20)15-23)24-13-21(16(2)3)12-22(14-24)17(4)5/h9-18H,8H2,1-7H3. The summed E-state index contributed by atoms with van der Waals surface area (Å²) in [7, 11) is 0. The molecule has 2 aromatic carbocycles. The summed E-state index contributed by atoms with van der Waals surface area (Å²) in [5, 5.41) is 0. The van der Waals surface area contributed by atoms with Gasteiger partial charge in [-0.3, -0.25) is 0 Å². The maximum absolute atomic E-state index is 2.43. The number of fused-ring (bicyclic) bond motifs is 1. The van der Waals surface area contributed by atoms with E-state index in [4.69, 9.17) is 0 Å². The Hall–Kier alpha value is -1.82. The van der Waals surface area contributed by atoms with E-state index in [0.29, 0.717) is 17.8 Å². The molecule has 2 aromatic rings. The summed E-state index contributed by atoms with van der Waals surface area (Å²) < 4.78 is 0. The van der Waals surface area contributed by atoms with Gasteiger partial charge in [0.25, 0.3) is 0 Å². The van der Waals surface area contributed by atoms with Gasteiger partial charge in [-0.1, -0.05) is 83.5 Å². The zero-order valence-corrected chi connectivity index (χ0v) is 17.5. The van der Waals surface area contributed by atoms with E-state index >= 15 is 0 Å². The molecule has 0 aromatic heterocycles. The highest BCUT2D eigenvalue weighted by atomic mass is 14.3. The molecule has 1 aliphatic rings. The number of hydrogen-bond donors (Lipinski definition) is 0. The molecule has 0 heterocycles. The molecule has 0 N–H and O–H groups in total. The Balaban J connectivity index is 2.20. The predicted molar refractivity (Wildman–Crippen MR) is 116 cm³/mol. The van der Waals surface area contributed by atoms with Crippen LogP contribution in [0.3, 0.4) is 0 Å². The average molecular weight is 346 g/mol. The van der Waals surface area contributed by atoms with Crippen LogP contribution < -0.4 is 0 Å². The Morgan fingerprint density at radius 1 is 0.846 bits per heavy atom. The molecule has 1 radical (unpaired) electrons. The quantitative estimate of drug-likeness (QED) is 0.516. The lowest BCUT2D eigenvalue weighted by Crippen LogP contribution is -1.97. The molecule has 0 nitrogen and oxygen atoms in total. The zero-order chi connectivity index (χ0) is 19.0. The summed E-state index contributed by atoms with van der Waals surface area (Å²) in [6.07, 6.45) is 6.01. The number of rotatable bonds is 5. The first kappa shape index (κ1) is 19.0. The summed E-state index contributed by atoms with van der Waals surface area (Å²) in [5.74, 6) is 1.70. The Morgan fingerprint density at radius 2 is 1.46 bits per heavy atom. The van der Waals surface area contributed by atoms with E-state index in [2.05, 4.69) is 91.3 Å². The first-order valence-corrected chi connectivity index (χ1v) is 10.2. The van der Waals surface area contributed by atoms with Crippen molar-refractivity contribution in [2.45, 2.75) is 66.7 Å². The molecule has 1 atom stereocenters. The van der Waals surface area contributed by atoms with E-state index in [1.807, 2.05) is 0 Å². The van der Waals surface area contributed by atoms with Crippen LogP contribution in [0.15, 0.2) is 35.9 Å². The molecule has 0 spiro atoms. The van der Waals surface area contributed by atoms with E-state index in [1.165, 1.54) is 50.9 Å². The highest BCUT2D eigenvalue weighted by molar-refractivity contribution is 5.85. The Labute approximate surface area is 160 Å². The van der Waals surface area contributed by atoms with Gasteiger partial charge < -0.3 is 0 Å². The minimum Gasteiger partial charge on any atom is -0.0648 e. The van der Waals surface area contributed by atoms with Gasteiger partial charge in [0, 0.05) is 6.42 Å². The Bertz CT molecular complexity index is 807. The monoisotopic (exact) mass is 345 g/mol. The maximum Gasteiger partial charge on any atom is 0.0167 e. The van der Waals surface area contributed by atoms with Crippen LogP contribution in [0.1, 0.15) is 87.6 Å². The number of hydrogen-bond acceptors (Lipinski definition) is 0. The van der Waals surface area contributed by atoms with E-state index in [9.17, 15) is 0 Å².